The van der Waals surface area contributed by atoms with Crippen LogP contribution in [0.3, 0.4) is 0 Å². The topological polar surface area (TPSA) is 74.7 Å². The molecule has 2 rings (SSSR count). The van der Waals surface area contributed by atoms with Gasteiger partial charge in [-0.3, -0.25) is 9.10 Å². The molecule has 5 nitrogen and oxygen atoms in total. The first-order valence-corrected chi connectivity index (χ1v) is 7.03. The first-order valence-electron chi connectivity index (χ1n) is 5.18. The van der Waals surface area contributed by atoms with Gasteiger partial charge in [0.25, 0.3) is 0 Å². The second kappa shape index (κ2) is 4.03. The van der Waals surface area contributed by atoms with Crippen LogP contribution in [0.2, 0.25) is 0 Å². The number of hydrogen-bond donors (Lipinski definition) is 1. The quantitative estimate of drug-likeness (QED) is 0.844. The molecule has 0 amide bonds. The van der Waals surface area contributed by atoms with Crippen LogP contribution in [0.5, 0.6) is 0 Å². The Bertz CT molecular complexity index is 552. The first-order chi connectivity index (χ1) is 7.89. The molecule has 0 saturated heterocycles. The summed E-state index contributed by atoms with van der Waals surface area (Å²) in [6, 6.07) is 7.00. The maximum absolute atomic E-state index is 11.7. The summed E-state index contributed by atoms with van der Waals surface area (Å²) in [4.78, 5) is 11.0. The molecule has 1 aromatic carbocycles. The molecule has 0 bridgehead atoms. The summed E-state index contributed by atoms with van der Waals surface area (Å²) in [6.45, 7) is 0.00514. The molecule has 0 saturated carbocycles. The molecule has 1 aliphatic heterocycles. The number of rotatable bonds is 2. The highest BCUT2D eigenvalue weighted by Gasteiger charge is 2.32. The maximum atomic E-state index is 11.7. The number of carboxylic acid groups (broad SMARTS) is 1. The van der Waals surface area contributed by atoms with Crippen LogP contribution >= 0.6 is 0 Å². The van der Waals surface area contributed by atoms with Crippen molar-refractivity contribution in [3.8, 4) is 0 Å². The average Bonchev–Trinajstić information content (AvgIpc) is 2.26. The summed E-state index contributed by atoms with van der Waals surface area (Å²) in [5.41, 5.74) is 1.35. The van der Waals surface area contributed by atoms with Gasteiger partial charge in [-0.1, -0.05) is 18.2 Å². The monoisotopic (exact) mass is 255 g/mol. The number of hydrogen-bond acceptors (Lipinski definition) is 3. The molecule has 0 fully saturated rings. The van der Waals surface area contributed by atoms with Gasteiger partial charge in [-0.2, -0.15) is 0 Å². The molecule has 1 aromatic rings. The van der Waals surface area contributed by atoms with Gasteiger partial charge in [0.2, 0.25) is 10.0 Å². The number of sulfonamides is 1. The van der Waals surface area contributed by atoms with Crippen molar-refractivity contribution < 1.29 is 18.3 Å². The molecule has 1 aliphatic rings. The van der Waals surface area contributed by atoms with E-state index in [-0.39, 0.29) is 6.54 Å². The Balaban J connectivity index is 2.50. The van der Waals surface area contributed by atoms with Gasteiger partial charge in [0, 0.05) is 6.54 Å². The number of carboxylic acids is 1. The minimum atomic E-state index is -3.44. The number of carbonyl (C=O) groups is 1. The zero-order valence-corrected chi connectivity index (χ0v) is 10.1. The van der Waals surface area contributed by atoms with Gasteiger partial charge >= 0.3 is 5.97 Å². The van der Waals surface area contributed by atoms with Crippen LogP contribution in [0, 0.1) is 5.92 Å². The number of benzene rings is 1. The van der Waals surface area contributed by atoms with Crippen LogP contribution in [0.15, 0.2) is 24.3 Å². The summed E-state index contributed by atoms with van der Waals surface area (Å²) in [7, 11) is -3.44. The van der Waals surface area contributed by atoms with Gasteiger partial charge < -0.3 is 5.11 Å². The van der Waals surface area contributed by atoms with E-state index in [1.54, 1.807) is 24.3 Å². The number of aliphatic carboxylic acids is 1. The van der Waals surface area contributed by atoms with Crippen molar-refractivity contribution in [3.05, 3.63) is 29.8 Å². The zero-order chi connectivity index (χ0) is 12.6. The fraction of sp³-hybridized carbons (Fsp3) is 0.364. The molecule has 0 aliphatic carbocycles. The predicted molar refractivity (Wildman–Crippen MR) is 63.5 cm³/mol. The number of fused-ring (bicyclic) bond motifs is 1. The van der Waals surface area contributed by atoms with Crippen molar-refractivity contribution in [1.29, 1.82) is 0 Å². The van der Waals surface area contributed by atoms with E-state index >= 15 is 0 Å². The molecule has 1 unspecified atom stereocenters. The van der Waals surface area contributed by atoms with Gasteiger partial charge in [-0.05, 0) is 18.1 Å². The van der Waals surface area contributed by atoms with E-state index in [9.17, 15) is 13.2 Å². The minimum absolute atomic E-state index is 0.00514. The first kappa shape index (κ1) is 11.9. The van der Waals surface area contributed by atoms with Crippen LogP contribution < -0.4 is 4.31 Å². The lowest BCUT2D eigenvalue weighted by molar-refractivity contribution is -0.141. The Labute approximate surface area is 99.7 Å². The van der Waals surface area contributed by atoms with E-state index in [0.29, 0.717) is 12.1 Å². The third kappa shape index (κ3) is 2.26. The predicted octanol–water partition coefficient (Wildman–Crippen LogP) is 0.710. The zero-order valence-electron chi connectivity index (χ0n) is 9.33. The standard InChI is InChI=1S/C11H13NO4S/c1-17(15,16)12-7-9(11(13)14)6-8-4-2-3-5-10(8)12/h2-5,9H,6-7H2,1H3,(H,13,14). The second-order valence-corrected chi connectivity index (χ2v) is 6.07. The number of para-hydroxylation sites is 1. The molecule has 0 aromatic heterocycles. The van der Waals surface area contributed by atoms with E-state index in [2.05, 4.69) is 0 Å². The maximum Gasteiger partial charge on any atom is 0.308 e. The summed E-state index contributed by atoms with van der Waals surface area (Å²) in [5.74, 6) is -1.65. The molecular formula is C11H13NO4S. The van der Waals surface area contributed by atoms with Gasteiger partial charge in [-0.15, -0.1) is 0 Å². The summed E-state index contributed by atoms with van der Waals surface area (Å²) in [5, 5.41) is 9.03. The van der Waals surface area contributed by atoms with Gasteiger partial charge in [-0.25, -0.2) is 8.42 Å². The van der Waals surface area contributed by atoms with Crippen molar-refractivity contribution in [2.45, 2.75) is 6.42 Å². The van der Waals surface area contributed by atoms with Gasteiger partial charge in [0.15, 0.2) is 0 Å². The number of nitrogens with zero attached hydrogens (tertiary/aromatic N) is 1. The Morgan fingerprint density at radius 2 is 2.06 bits per heavy atom. The SMILES string of the molecule is CS(=O)(=O)N1CC(C(=O)O)Cc2ccccc21. The molecule has 92 valence electrons. The molecule has 0 radical (unpaired) electrons. The van der Waals surface area contributed by atoms with E-state index < -0.39 is 21.9 Å². The lowest BCUT2D eigenvalue weighted by atomic mass is 9.94. The molecule has 1 atom stereocenters. The Morgan fingerprint density at radius 1 is 1.41 bits per heavy atom. The van der Waals surface area contributed by atoms with Crippen molar-refractivity contribution in [3.63, 3.8) is 0 Å². The van der Waals surface area contributed by atoms with Crippen LogP contribution in [-0.2, 0) is 21.2 Å². The summed E-state index contributed by atoms with van der Waals surface area (Å²) >= 11 is 0. The Hall–Kier alpha value is -1.56. The highest BCUT2D eigenvalue weighted by Crippen LogP contribution is 2.31. The van der Waals surface area contributed by atoms with Crippen molar-refractivity contribution >= 4 is 21.7 Å². The fourth-order valence-corrected chi connectivity index (χ4v) is 3.02. The second-order valence-electron chi connectivity index (χ2n) is 4.16. The molecule has 17 heavy (non-hydrogen) atoms. The van der Waals surface area contributed by atoms with Crippen LogP contribution in [0.25, 0.3) is 0 Å². The Morgan fingerprint density at radius 3 is 2.65 bits per heavy atom. The lowest BCUT2D eigenvalue weighted by Gasteiger charge is -2.32. The van der Waals surface area contributed by atoms with Crippen LogP contribution in [-0.4, -0.2) is 32.3 Å². The highest BCUT2D eigenvalue weighted by atomic mass is 32.2. The largest absolute Gasteiger partial charge is 0.481 e. The van der Waals surface area contributed by atoms with Crippen LogP contribution in [0.1, 0.15) is 5.56 Å². The molecule has 1 N–H and O–H groups in total. The molecule has 1 heterocycles. The van der Waals surface area contributed by atoms with E-state index in [0.717, 1.165) is 11.8 Å². The van der Waals surface area contributed by atoms with Gasteiger partial charge in [0.1, 0.15) is 0 Å². The third-order valence-electron chi connectivity index (χ3n) is 2.86. The minimum Gasteiger partial charge on any atom is -0.481 e. The van der Waals surface area contributed by atoms with E-state index in [4.69, 9.17) is 5.11 Å². The molecule has 6 heteroatoms. The normalized spacial score (nSPS) is 19.8. The third-order valence-corrected chi connectivity index (χ3v) is 4.01. The number of anilines is 1. The summed E-state index contributed by atoms with van der Waals surface area (Å²) < 4.78 is 24.5. The lowest BCUT2D eigenvalue weighted by Crippen LogP contribution is -2.42. The van der Waals surface area contributed by atoms with Crippen molar-refractivity contribution in [2.75, 3.05) is 17.1 Å². The highest BCUT2D eigenvalue weighted by molar-refractivity contribution is 7.92. The Kier molecular flexibility index (Phi) is 2.82. The van der Waals surface area contributed by atoms with Crippen LogP contribution in [0.4, 0.5) is 5.69 Å². The summed E-state index contributed by atoms with van der Waals surface area (Å²) in [6.07, 6.45) is 1.46. The van der Waals surface area contributed by atoms with E-state index in [1.165, 1.54) is 4.31 Å². The molecular weight excluding hydrogens is 242 g/mol. The van der Waals surface area contributed by atoms with Gasteiger partial charge in [0.05, 0.1) is 17.9 Å². The van der Waals surface area contributed by atoms with Crippen molar-refractivity contribution in [2.24, 2.45) is 5.92 Å². The van der Waals surface area contributed by atoms with E-state index in [1.807, 2.05) is 0 Å². The fourth-order valence-electron chi connectivity index (χ4n) is 2.03. The molecule has 0 spiro atoms. The smallest absolute Gasteiger partial charge is 0.308 e. The van der Waals surface area contributed by atoms with Crippen molar-refractivity contribution in [1.82, 2.24) is 0 Å². The average molecular weight is 255 g/mol.